The molecule has 4 aliphatic rings. The number of fused-ring (bicyclic) bond motifs is 1. The first-order valence-electron chi connectivity index (χ1n) is 11.9. The third kappa shape index (κ3) is 4.04. The van der Waals surface area contributed by atoms with E-state index in [1.807, 2.05) is 7.05 Å². The Bertz CT molecular complexity index is 959. The second-order valence-corrected chi connectivity index (χ2v) is 10.1. The van der Waals surface area contributed by atoms with Crippen LogP contribution in [0, 0.1) is 5.92 Å². The van der Waals surface area contributed by atoms with E-state index in [2.05, 4.69) is 15.1 Å². The number of rotatable bonds is 6. The number of alkyl halides is 3. The van der Waals surface area contributed by atoms with Crippen molar-refractivity contribution in [1.82, 2.24) is 20.0 Å². The Morgan fingerprint density at radius 3 is 2.41 bits per heavy atom. The summed E-state index contributed by atoms with van der Waals surface area (Å²) >= 11 is 0. The summed E-state index contributed by atoms with van der Waals surface area (Å²) in [4.78, 5) is 33.1. The van der Waals surface area contributed by atoms with Crippen molar-refractivity contribution >= 4 is 11.8 Å². The number of nitrogens with one attached hydrogen (secondary N) is 1. The molecule has 4 fully saturated rings. The molecule has 1 aromatic carbocycles. The van der Waals surface area contributed by atoms with Crippen LogP contribution in [0.4, 0.5) is 13.2 Å². The predicted molar refractivity (Wildman–Crippen MR) is 118 cm³/mol. The van der Waals surface area contributed by atoms with Crippen LogP contribution in [-0.4, -0.2) is 90.6 Å². The molecule has 0 radical (unpaired) electrons. The summed E-state index contributed by atoms with van der Waals surface area (Å²) in [7, 11) is 3.35. The molecule has 1 aromatic rings. The number of amides is 2. The number of carbonyl (C=O) groups excluding carboxylic acids is 2. The number of methoxy groups -OCH3 is 1. The highest BCUT2D eigenvalue weighted by Crippen LogP contribution is 2.53. The average Bonchev–Trinajstić information content (AvgIpc) is 3.73. The average molecular weight is 481 g/mol. The number of hydrogen-bond donors (Lipinski definition) is 1. The summed E-state index contributed by atoms with van der Waals surface area (Å²) in [6, 6.07) is 2.68. The predicted octanol–water partition coefficient (Wildman–Crippen LogP) is 2.18. The van der Waals surface area contributed by atoms with Crippen molar-refractivity contribution in [2.75, 3.05) is 40.3 Å². The minimum Gasteiger partial charge on any atom is -0.496 e. The van der Waals surface area contributed by atoms with E-state index in [1.54, 1.807) is 11.0 Å². The SMILES string of the molecule is COc1ccccc1C(NC(=O)[C@H]1C[C@H]2C[C@H]2N1C(=O)C1(N2CCN(C)CC2)CC1)C(F)(F)F. The lowest BCUT2D eigenvalue weighted by atomic mass is 10.0. The Morgan fingerprint density at radius 2 is 1.79 bits per heavy atom. The van der Waals surface area contributed by atoms with Crippen LogP contribution in [-0.2, 0) is 9.59 Å². The Morgan fingerprint density at radius 1 is 1.12 bits per heavy atom. The van der Waals surface area contributed by atoms with E-state index in [1.165, 1.54) is 25.3 Å². The molecule has 0 spiro atoms. The molecular weight excluding hydrogens is 449 g/mol. The van der Waals surface area contributed by atoms with Gasteiger partial charge in [-0.05, 0) is 44.7 Å². The van der Waals surface area contributed by atoms with Gasteiger partial charge >= 0.3 is 6.18 Å². The van der Waals surface area contributed by atoms with Crippen LogP contribution in [0.15, 0.2) is 24.3 Å². The van der Waals surface area contributed by atoms with Crippen LogP contribution in [0.1, 0.15) is 37.3 Å². The highest BCUT2D eigenvalue weighted by Gasteiger charge is 2.64. The summed E-state index contributed by atoms with van der Waals surface area (Å²) in [5.74, 6) is -0.580. The molecule has 2 heterocycles. The van der Waals surface area contributed by atoms with Crippen molar-refractivity contribution in [3.63, 3.8) is 0 Å². The standard InChI is InChI=1S/C24H31F3N4O3/c1-29-9-11-30(12-10-29)23(7-8-23)22(33)31-17-13-15(17)14-18(31)21(32)28-20(24(25,26)27)16-5-3-4-6-19(16)34-2/h3-6,15,17-18,20H,7-14H2,1-2H3,(H,28,32)/t15-,17-,18-,20?/m1/s1. The van der Waals surface area contributed by atoms with Crippen molar-refractivity contribution in [2.45, 2.75) is 55.5 Å². The lowest BCUT2D eigenvalue weighted by molar-refractivity contribution is -0.166. The Labute approximate surface area is 197 Å². The molecule has 1 N–H and O–H groups in total. The van der Waals surface area contributed by atoms with E-state index in [4.69, 9.17) is 4.74 Å². The van der Waals surface area contributed by atoms with Crippen molar-refractivity contribution < 1.29 is 27.5 Å². The summed E-state index contributed by atoms with van der Waals surface area (Å²) in [5.41, 5.74) is -0.744. The number of para-hydroxylation sites is 1. The van der Waals surface area contributed by atoms with E-state index in [0.29, 0.717) is 6.42 Å². The van der Waals surface area contributed by atoms with E-state index in [0.717, 1.165) is 45.4 Å². The summed E-state index contributed by atoms with van der Waals surface area (Å²) in [6.45, 7) is 3.31. The lowest BCUT2D eigenvalue weighted by Gasteiger charge is -2.40. The number of carbonyl (C=O) groups is 2. The molecule has 34 heavy (non-hydrogen) atoms. The zero-order valence-electron chi connectivity index (χ0n) is 19.5. The fourth-order valence-corrected chi connectivity index (χ4v) is 5.72. The number of ether oxygens (including phenoxy) is 1. The van der Waals surface area contributed by atoms with Gasteiger partial charge in [-0.2, -0.15) is 13.2 Å². The van der Waals surface area contributed by atoms with E-state index >= 15 is 0 Å². The van der Waals surface area contributed by atoms with Gasteiger partial charge in [-0.3, -0.25) is 14.5 Å². The molecule has 186 valence electrons. The minimum absolute atomic E-state index is 0.0382. The van der Waals surface area contributed by atoms with Gasteiger partial charge in [-0.1, -0.05) is 18.2 Å². The molecule has 10 heteroatoms. The Kier molecular flexibility index (Phi) is 5.79. The van der Waals surface area contributed by atoms with Gasteiger partial charge in [0.2, 0.25) is 11.8 Å². The summed E-state index contributed by atoms with van der Waals surface area (Å²) in [5, 5.41) is 2.21. The first kappa shape index (κ1) is 23.4. The van der Waals surface area contributed by atoms with Gasteiger partial charge in [-0.25, -0.2) is 0 Å². The van der Waals surface area contributed by atoms with Crippen LogP contribution in [0.25, 0.3) is 0 Å². The summed E-state index contributed by atoms with van der Waals surface area (Å²) < 4.78 is 47.2. The number of likely N-dealkylation sites (tertiary alicyclic amines) is 1. The van der Waals surface area contributed by atoms with E-state index < -0.39 is 29.7 Å². The zero-order valence-corrected chi connectivity index (χ0v) is 19.5. The molecule has 4 atom stereocenters. The third-order valence-corrected chi connectivity index (χ3v) is 7.94. The number of benzene rings is 1. The van der Waals surface area contributed by atoms with Crippen molar-refractivity contribution in [3.05, 3.63) is 29.8 Å². The number of likely N-dealkylation sites (N-methyl/N-ethyl adjacent to an activating group) is 1. The molecule has 0 aromatic heterocycles. The van der Waals surface area contributed by atoms with Crippen LogP contribution < -0.4 is 10.1 Å². The molecular formula is C24H31F3N4O3. The molecule has 2 saturated carbocycles. The van der Waals surface area contributed by atoms with Crippen molar-refractivity contribution in [1.29, 1.82) is 0 Å². The molecule has 2 saturated heterocycles. The zero-order chi connectivity index (χ0) is 24.3. The fourth-order valence-electron chi connectivity index (χ4n) is 5.72. The topological polar surface area (TPSA) is 65.1 Å². The van der Waals surface area contributed by atoms with Crippen molar-refractivity contribution in [2.24, 2.45) is 5.92 Å². The van der Waals surface area contributed by atoms with Gasteiger partial charge in [0.15, 0.2) is 6.04 Å². The fraction of sp³-hybridized carbons (Fsp3) is 0.667. The number of halogens is 3. The molecule has 2 amide bonds. The lowest BCUT2D eigenvalue weighted by Crippen LogP contribution is -2.59. The summed E-state index contributed by atoms with van der Waals surface area (Å²) in [6.07, 6.45) is -1.99. The third-order valence-electron chi connectivity index (χ3n) is 7.94. The van der Waals surface area contributed by atoms with Gasteiger partial charge < -0.3 is 19.9 Å². The normalized spacial score (nSPS) is 29.3. The second-order valence-electron chi connectivity index (χ2n) is 10.1. The number of nitrogens with zero attached hydrogens (tertiary/aromatic N) is 3. The molecule has 2 aliphatic heterocycles. The van der Waals surface area contributed by atoms with Gasteiger partial charge in [0.05, 0.1) is 7.11 Å². The van der Waals surface area contributed by atoms with Crippen LogP contribution >= 0.6 is 0 Å². The Hall–Kier alpha value is -2.33. The number of piperazine rings is 1. The highest BCUT2D eigenvalue weighted by atomic mass is 19.4. The van der Waals surface area contributed by atoms with Gasteiger partial charge in [0.1, 0.15) is 17.3 Å². The van der Waals surface area contributed by atoms with E-state index in [9.17, 15) is 22.8 Å². The maximum Gasteiger partial charge on any atom is 0.413 e. The quantitative estimate of drug-likeness (QED) is 0.677. The second kappa shape index (κ2) is 8.41. The molecule has 0 bridgehead atoms. The molecule has 5 rings (SSSR count). The molecule has 1 unspecified atom stereocenters. The molecule has 7 nitrogen and oxygen atoms in total. The first-order valence-corrected chi connectivity index (χ1v) is 11.9. The van der Waals surface area contributed by atoms with Gasteiger partial charge in [0, 0.05) is 37.8 Å². The maximum absolute atomic E-state index is 14.0. The number of hydrogen-bond acceptors (Lipinski definition) is 5. The highest BCUT2D eigenvalue weighted by molar-refractivity contribution is 5.95. The van der Waals surface area contributed by atoms with E-state index in [-0.39, 0.29) is 29.2 Å². The monoisotopic (exact) mass is 480 g/mol. The van der Waals surface area contributed by atoms with Crippen LogP contribution in [0.5, 0.6) is 5.75 Å². The van der Waals surface area contributed by atoms with Crippen LogP contribution in [0.3, 0.4) is 0 Å². The smallest absolute Gasteiger partial charge is 0.413 e. The largest absolute Gasteiger partial charge is 0.496 e. The number of piperidine rings is 1. The Balaban J connectivity index is 1.35. The van der Waals surface area contributed by atoms with Crippen molar-refractivity contribution in [3.8, 4) is 5.75 Å². The molecule has 2 aliphatic carbocycles. The van der Waals surface area contributed by atoms with Gasteiger partial charge in [-0.15, -0.1) is 0 Å². The van der Waals surface area contributed by atoms with Crippen LogP contribution in [0.2, 0.25) is 0 Å². The minimum atomic E-state index is -4.71. The maximum atomic E-state index is 14.0. The first-order chi connectivity index (χ1) is 16.2. The van der Waals surface area contributed by atoms with Gasteiger partial charge in [0.25, 0.3) is 0 Å².